The zero-order chi connectivity index (χ0) is 37.1. The average molecular weight is 721 g/mol. The third-order valence-corrected chi connectivity index (χ3v) is 10.3. The van der Waals surface area contributed by atoms with Crippen molar-refractivity contribution in [2.45, 2.75) is 95.2 Å². The zero-order valence-corrected chi connectivity index (χ0v) is 30.6. The normalized spacial score (nSPS) is 32.4. The molecule has 14 nitrogen and oxygen atoms in total. The molecule has 0 aliphatic carbocycles. The van der Waals surface area contributed by atoms with Crippen LogP contribution < -0.4 is 15.5 Å². The van der Waals surface area contributed by atoms with Crippen molar-refractivity contribution >= 4 is 41.2 Å². The molecule has 4 N–H and O–H groups in total. The first-order valence-corrected chi connectivity index (χ1v) is 17.0. The second-order valence-corrected chi connectivity index (χ2v) is 14.0. The summed E-state index contributed by atoms with van der Waals surface area (Å²) in [6, 6.07) is 2.22. The van der Waals surface area contributed by atoms with Crippen LogP contribution in [0.25, 0.3) is 0 Å². The Kier molecular flexibility index (Phi) is 12.3. The molecule has 3 aliphatic rings. The standard InChI is InChI=1S/C35H49ClN4O10/c1-19-10-9-11-26(47-8)35(46)18-25(48-33(45)38-35)20(2)31-34(4,50-31)27(49-32(44)21(3)39(6)28(42)12-13-37-5)17-29(43)40(7)23-15-22(14-19)16-24(41)30(23)36/h9-11,15-16,20-21,25-27,31,37,41,46H,12-14,17-18H2,1-8H3,(H,38,45)/b11-9+,19-10+/t20-,21+,25+,26-,27-,31+,34+,35+/m1/s1. The highest BCUT2D eigenvalue weighted by molar-refractivity contribution is 6.35. The molecular formula is C35H49ClN4O10. The van der Waals surface area contributed by atoms with Crippen molar-refractivity contribution in [3.63, 3.8) is 0 Å². The summed E-state index contributed by atoms with van der Waals surface area (Å²) in [5, 5.41) is 27.7. The summed E-state index contributed by atoms with van der Waals surface area (Å²) in [6.07, 6.45) is 0.780. The Morgan fingerprint density at radius 3 is 2.66 bits per heavy atom. The number of hydrogen-bond donors (Lipinski definition) is 4. The van der Waals surface area contributed by atoms with Gasteiger partial charge < -0.3 is 44.3 Å². The van der Waals surface area contributed by atoms with E-state index in [4.69, 9.17) is 30.5 Å². The number of amides is 3. The lowest BCUT2D eigenvalue weighted by molar-refractivity contribution is -0.162. The van der Waals surface area contributed by atoms with Crippen LogP contribution in [0.2, 0.25) is 5.02 Å². The molecule has 8 atom stereocenters. The van der Waals surface area contributed by atoms with E-state index in [1.165, 1.54) is 44.0 Å². The predicted molar refractivity (Wildman–Crippen MR) is 185 cm³/mol. The number of nitrogens with zero attached hydrogens (tertiary/aromatic N) is 2. The average Bonchev–Trinajstić information content (AvgIpc) is 3.76. The third-order valence-electron chi connectivity index (χ3n) is 9.91. The Morgan fingerprint density at radius 2 is 2.00 bits per heavy atom. The van der Waals surface area contributed by atoms with Gasteiger partial charge in [-0.15, -0.1) is 0 Å². The van der Waals surface area contributed by atoms with Gasteiger partial charge in [-0.3, -0.25) is 14.9 Å². The summed E-state index contributed by atoms with van der Waals surface area (Å²) in [5.74, 6) is -2.27. The van der Waals surface area contributed by atoms with Crippen molar-refractivity contribution in [2.24, 2.45) is 5.92 Å². The summed E-state index contributed by atoms with van der Waals surface area (Å²) in [4.78, 5) is 55.6. The fraction of sp³-hybridized carbons (Fsp3) is 0.600. The number of benzene rings is 1. The van der Waals surface area contributed by atoms with E-state index in [9.17, 15) is 29.4 Å². The molecule has 2 saturated heterocycles. The predicted octanol–water partition coefficient (Wildman–Crippen LogP) is 2.82. The smallest absolute Gasteiger partial charge is 0.409 e. The topological polar surface area (TPSA) is 180 Å². The number of likely N-dealkylation sites (N-methyl/N-ethyl adjacent to an activating group) is 1. The van der Waals surface area contributed by atoms with E-state index in [1.54, 1.807) is 45.2 Å². The number of anilines is 1. The molecule has 0 unspecified atom stereocenters. The molecule has 3 amide bonds. The largest absolute Gasteiger partial charge is 0.506 e. The number of alkyl carbamates (subject to hydrolysis) is 1. The zero-order valence-electron chi connectivity index (χ0n) is 29.8. The van der Waals surface area contributed by atoms with Gasteiger partial charge in [-0.05, 0) is 51.9 Å². The van der Waals surface area contributed by atoms with Gasteiger partial charge in [-0.25, -0.2) is 9.59 Å². The van der Waals surface area contributed by atoms with Gasteiger partial charge in [0.25, 0.3) is 0 Å². The van der Waals surface area contributed by atoms with Crippen molar-refractivity contribution in [3.05, 3.63) is 46.5 Å². The first-order chi connectivity index (χ1) is 23.4. The molecule has 4 bridgehead atoms. The minimum atomic E-state index is -1.84. The van der Waals surface area contributed by atoms with Crippen molar-refractivity contribution in [1.82, 2.24) is 15.5 Å². The van der Waals surface area contributed by atoms with E-state index in [1.807, 2.05) is 6.92 Å². The molecule has 3 heterocycles. The number of esters is 1. The van der Waals surface area contributed by atoms with E-state index in [0.717, 1.165) is 5.57 Å². The number of phenols is 1. The Morgan fingerprint density at radius 1 is 1.30 bits per heavy atom. The number of aliphatic hydroxyl groups is 1. The Hall–Kier alpha value is -3.69. The quantitative estimate of drug-likeness (QED) is 0.240. The van der Waals surface area contributed by atoms with E-state index in [-0.39, 0.29) is 41.6 Å². The molecule has 0 spiro atoms. The minimum absolute atomic E-state index is 0.0287. The van der Waals surface area contributed by atoms with Crippen LogP contribution in [-0.2, 0) is 39.8 Å². The first kappa shape index (κ1) is 39.1. The fourth-order valence-electron chi connectivity index (χ4n) is 6.49. The molecule has 4 rings (SSSR count). The molecule has 50 heavy (non-hydrogen) atoms. The van der Waals surface area contributed by atoms with Gasteiger partial charge in [0.1, 0.15) is 40.7 Å². The van der Waals surface area contributed by atoms with Gasteiger partial charge in [0.05, 0.1) is 18.2 Å². The van der Waals surface area contributed by atoms with Crippen molar-refractivity contribution in [3.8, 4) is 5.75 Å². The van der Waals surface area contributed by atoms with E-state index < -0.39 is 65.7 Å². The second-order valence-electron chi connectivity index (χ2n) is 13.6. The van der Waals surface area contributed by atoms with Crippen LogP contribution >= 0.6 is 11.6 Å². The molecule has 15 heteroatoms. The Labute approximate surface area is 297 Å². The summed E-state index contributed by atoms with van der Waals surface area (Å²) >= 11 is 6.50. The maximum atomic E-state index is 13.9. The van der Waals surface area contributed by atoms with Crippen molar-refractivity contribution in [1.29, 1.82) is 0 Å². The Balaban J connectivity index is 1.74. The lowest BCUT2D eigenvalue weighted by atomic mass is 9.83. The summed E-state index contributed by atoms with van der Waals surface area (Å²) < 4.78 is 23.4. The molecule has 3 aliphatic heterocycles. The van der Waals surface area contributed by atoms with Crippen LogP contribution in [0.15, 0.2) is 35.9 Å². The second kappa shape index (κ2) is 15.7. The van der Waals surface area contributed by atoms with Gasteiger partial charge in [0, 0.05) is 46.5 Å². The SMILES string of the molecule is CNCCC(=O)N(C)[C@@H](C)C(=O)O[C@@H]1CC(=O)N(C)c2cc(cc(O)c2Cl)C/C(C)=C/C=C/[C@@H](OC)[C@@]2(O)C[C@H](OC(=O)N2)[C@@H](C)[C@@H]2O[C@@]12C. The van der Waals surface area contributed by atoms with Gasteiger partial charge in [0.15, 0.2) is 5.72 Å². The molecule has 1 aromatic rings. The summed E-state index contributed by atoms with van der Waals surface area (Å²) in [7, 11) is 6.14. The molecule has 2 fully saturated rings. The van der Waals surface area contributed by atoms with Gasteiger partial charge >= 0.3 is 12.1 Å². The van der Waals surface area contributed by atoms with Gasteiger partial charge in [-0.2, -0.15) is 0 Å². The van der Waals surface area contributed by atoms with Crippen molar-refractivity contribution in [2.75, 3.05) is 39.7 Å². The molecule has 0 radical (unpaired) electrons. The van der Waals surface area contributed by atoms with E-state index in [2.05, 4.69) is 10.6 Å². The summed E-state index contributed by atoms with van der Waals surface area (Å²) in [6.45, 7) is 7.30. The van der Waals surface area contributed by atoms with Crippen LogP contribution in [0.1, 0.15) is 52.5 Å². The number of halogens is 1. The van der Waals surface area contributed by atoms with Crippen LogP contribution in [0.5, 0.6) is 5.75 Å². The number of epoxide rings is 1. The van der Waals surface area contributed by atoms with E-state index >= 15 is 0 Å². The number of hydrogen-bond acceptors (Lipinski definition) is 11. The highest BCUT2D eigenvalue weighted by Gasteiger charge is 2.64. The number of nitrogens with one attached hydrogen (secondary N) is 2. The van der Waals surface area contributed by atoms with Crippen LogP contribution in [0.3, 0.4) is 0 Å². The third kappa shape index (κ3) is 8.43. The maximum Gasteiger partial charge on any atom is 0.409 e. The Bertz CT molecular complexity index is 1540. The van der Waals surface area contributed by atoms with Crippen LogP contribution in [0, 0.1) is 5.92 Å². The number of phenolic OH excluding ortho intramolecular Hbond substituents is 1. The molecule has 0 aromatic heterocycles. The number of carbonyl (C=O) groups is 4. The summed E-state index contributed by atoms with van der Waals surface area (Å²) in [5.41, 5.74) is -1.28. The fourth-order valence-corrected chi connectivity index (χ4v) is 6.73. The van der Waals surface area contributed by atoms with Gasteiger partial charge in [0.2, 0.25) is 11.8 Å². The van der Waals surface area contributed by atoms with Gasteiger partial charge in [-0.1, -0.05) is 42.3 Å². The molecule has 276 valence electrons. The number of fused-ring (bicyclic) bond motifs is 5. The lowest BCUT2D eigenvalue weighted by Gasteiger charge is -2.42. The lowest BCUT2D eigenvalue weighted by Crippen LogP contribution is -2.63. The number of methoxy groups -OCH3 is 1. The van der Waals surface area contributed by atoms with E-state index in [0.29, 0.717) is 18.5 Å². The number of aromatic hydroxyl groups is 1. The number of ether oxygens (including phenoxy) is 4. The number of allylic oxidation sites excluding steroid dienone is 3. The number of rotatable bonds is 7. The highest BCUT2D eigenvalue weighted by Crippen LogP contribution is 2.49. The minimum Gasteiger partial charge on any atom is -0.506 e. The monoisotopic (exact) mass is 720 g/mol. The van der Waals surface area contributed by atoms with Crippen molar-refractivity contribution < 1.29 is 48.3 Å². The van der Waals surface area contributed by atoms with Crippen LogP contribution in [-0.4, -0.2) is 116 Å². The molecular weight excluding hydrogens is 672 g/mol. The van der Waals surface area contributed by atoms with Crippen LogP contribution in [0.4, 0.5) is 10.5 Å². The molecule has 0 saturated carbocycles. The number of carbonyl (C=O) groups excluding carboxylic acids is 4. The maximum absolute atomic E-state index is 13.9. The first-order valence-electron chi connectivity index (χ1n) is 16.6. The highest BCUT2D eigenvalue weighted by atomic mass is 35.5. The molecule has 1 aromatic carbocycles.